The molecule has 0 fully saturated rings. The van der Waals surface area contributed by atoms with Crippen molar-refractivity contribution in [3.8, 4) is 0 Å². The summed E-state index contributed by atoms with van der Waals surface area (Å²) in [5, 5.41) is 4.62. The van der Waals surface area contributed by atoms with Gasteiger partial charge in [-0.25, -0.2) is 0 Å². The minimum absolute atomic E-state index is 0.118. The lowest BCUT2D eigenvalue weighted by atomic mass is 10.1. The van der Waals surface area contributed by atoms with E-state index in [0.29, 0.717) is 16.6 Å². The number of hydrogen-bond donors (Lipinski definition) is 1. The Morgan fingerprint density at radius 3 is 2.74 bits per heavy atom. The third-order valence-electron chi connectivity index (χ3n) is 3.14. The third kappa shape index (κ3) is 3.47. The number of nitrogens with zero attached hydrogens (tertiary/aromatic N) is 1. The highest BCUT2D eigenvalue weighted by atomic mass is 35.5. The number of nitrogens with one attached hydrogen (secondary N) is 1. The van der Waals surface area contributed by atoms with Crippen LogP contribution >= 0.6 is 23.2 Å². The number of halogens is 2. The Bertz CT molecular complexity index is 570. The Balaban J connectivity index is 2.08. The second-order valence-electron chi connectivity index (χ2n) is 4.51. The molecule has 2 nitrogen and oxygen atoms in total. The third-order valence-corrected chi connectivity index (χ3v) is 3.98. The van der Waals surface area contributed by atoms with E-state index in [2.05, 4.69) is 30.2 Å². The molecule has 0 bridgehead atoms. The molecular formula is C15H16Cl2N2. The molecule has 0 spiro atoms. The summed E-state index contributed by atoms with van der Waals surface area (Å²) in [4.78, 5) is 4.36. The van der Waals surface area contributed by atoms with Crippen LogP contribution in [0, 0.1) is 6.92 Å². The van der Waals surface area contributed by atoms with E-state index < -0.39 is 0 Å². The maximum Gasteiger partial charge on any atom is 0.0639 e. The monoisotopic (exact) mass is 294 g/mol. The van der Waals surface area contributed by atoms with Crippen molar-refractivity contribution in [2.75, 3.05) is 0 Å². The van der Waals surface area contributed by atoms with Crippen molar-refractivity contribution in [1.82, 2.24) is 10.3 Å². The van der Waals surface area contributed by atoms with Gasteiger partial charge in [0.25, 0.3) is 0 Å². The van der Waals surface area contributed by atoms with Crippen molar-refractivity contribution in [3.05, 3.63) is 63.4 Å². The highest BCUT2D eigenvalue weighted by molar-refractivity contribution is 6.42. The van der Waals surface area contributed by atoms with Crippen LogP contribution in [0.25, 0.3) is 0 Å². The first-order valence-electron chi connectivity index (χ1n) is 6.17. The van der Waals surface area contributed by atoms with Gasteiger partial charge in [-0.1, -0.05) is 41.4 Å². The maximum atomic E-state index is 6.21. The molecule has 4 heteroatoms. The molecule has 1 heterocycles. The quantitative estimate of drug-likeness (QED) is 0.895. The van der Waals surface area contributed by atoms with Gasteiger partial charge in [0.15, 0.2) is 0 Å². The fraction of sp³-hybridized carbons (Fsp3) is 0.267. The molecular weight excluding hydrogens is 279 g/mol. The van der Waals surface area contributed by atoms with Gasteiger partial charge in [-0.2, -0.15) is 0 Å². The van der Waals surface area contributed by atoms with Crippen LogP contribution in [-0.2, 0) is 6.54 Å². The molecule has 100 valence electrons. The van der Waals surface area contributed by atoms with E-state index >= 15 is 0 Å². The molecule has 2 aromatic rings. The topological polar surface area (TPSA) is 24.9 Å². The summed E-state index contributed by atoms with van der Waals surface area (Å²) in [5.41, 5.74) is 3.23. The average molecular weight is 295 g/mol. The van der Waals surface area contributed by atoms with Crippen LogP contribution in [0.1, 0.15) is 29.8 Å². The molecule has 1 N–H and O–H groups in total. The number of hydrogen-bond acceptors (Lipinski definition) is 2. The second kappa shape index (κ2) is 6.38. The van der Waals surface area contributed by atoms with Crippen LogP contribution in [0.3, 0.4) is 0 Å². The van der Waals surface area contributed by atoms with Gasteiger partial charge in [0.1, 0.15) is 0 Å². The number of aryl methyl sites for hydroxylation is 1. The maximum absolute atomic E-state index is 6.21. The number of benzene rings is 1. The molecule has 1 aromatic carbocycles. The van der Waals surface area contributed by atoms with Crippen molar-refractivity contribution in [1.29, 1.82) is 0 Å². The van der Waals surface area contributed by atoms with Crippen LogP contribution in [0.2, 0.25) is 10.0 Å². The van der Waals surface area contributed by atoms with Crippen molar-refractivity contribution >= 4 is 23.2 Å². The molecule has 0 saturated carbocycles. The predicted octanol–water partition coefficient (Wildman–Crippen LogP) is 4.55. The Hall–Kier alpha value is -1.09. The van der Waals surface area contributed by atoms with Gasteiger partial charge >= 0.3 is 0 Å². The smallest absolute Gasteiger partial charge is 0.0639 e. The SMILES string of the molecule is Cc1cccnc1CNC(C)c1cccc(Cl)c1Cl. The summed E-state index contributed by atoms with van der Waals surface area (Å²) < 4.78 is 0. The summed E-state index contributed by atoms with van der Waals surface area (Å²) >= 11 is 12.2. The molecule has 0 amide bonds. The summed E-state index contributed by atoms with van der Waals surface area (Å²) in [6.07, 6.45) is 1.81. The molecule has 0 saturated heterocycles. The molecule has 2 rings (SSSR count). The van der Waals surface area contributed by atoms with Crippen LogP contribution in [0.5, 0.6) is 0 Å². The van der Waals surface area contributed by atoms with Crippen molar-refractivity contribution in [3.63, 3.8) is 0 Å². The molecule has 1 unspecified atom stereocenters. The van der Waals surface area contributed by atoms with Crippen LogP contribution in [0.4, 0.5) is 0 Å². The van der Waals surface area contributed by atoms with E-state index in [1.165, 1.54) is 5.56 Å². The molecule has 0 aliphatic heterocycles. The zero-order valence-corrected chi connectivity index (χ0v) is 12.5. The lowest BCUT2D eigenvalue weighted by molar-refractivity contribution is 0.566. The van der Waals surface area contributed by atoms with E-state index in [9.17, 15) is 0 Å². The Morgan fingerprint density at radius 1 is 1.21 bits per heavy atom. The minimum Gasteiger partial charge on any atom is -0.305 e. The summed E-state index contributed by atoms with van der Waals surface area (Å²) in [6, 6.07) is 9.80. The predicted molar refractivity (Wildman–Crippen MR) is 80.7 cm³/mol. The van der Waals surface area contributed by atoms with Gasteiger partial charge in [0, 0.05) is 18.8 Å². The lowest BCUT2D eigenvalue weighted by Crippen LogP contribution is -2.19. The highest BCUT2D eigenvalue weighted by Crippen LogP contribution is 2.29. The van der Waals surface area contributed by atoms with E-state index in [-0.39, 0.29) is 6.04 Å². The zero-order valence-electron chi connectivity index (χ0n) is 11.0. The Labute approximate surface area is 123 Å². The molecule has 0 aliphatic rings. The minimum atomic E-state index is 0.118. The van der Waals surface area contributed by atoms with E-state index in [1.54, 1.807) is 12.3 Å². The fourth-order valence-corrected chi connectivity index (χ4v) is 2.39. The molecule has 19 heavy (non-hydrogen) atoms. The molecule has 0 radical (unpaired) electrons. The summed E-state index contributed by atoms with van der Waals surface area (Å²) in [7, 11) is 0. The fourth-order valence-electron chi connectivity index (χ4n) is 1.92. The van der Waals surface area contributed by atoms with Gasteiger partial charge < -0.3 is 5.32 Å². The summed E-state index contributed by atoms with van der Waals surface area (Å²) in [5.74, 6) is 0. The average Bonchev–Trinajstić information content (AvgIpc) is 2.40. The number of pyridine rings is 1. The molecule has 1 atom stereocenters. The standard InChI is InChI=1S/C15H16Cl2N2/c1-10-5-4-8-18-14(10)9-19-11(2)12-6-3-7-13(16)15(12)17/h3-8,11,19H,9H2,1-2H3. The molecule has 1 aromatic heterocycles. The van der Waals surface area contributed by atoms with E-state index in [4.69, 9.17) is 23.2 Å². The molecule has 0 aliphatic carbocycles. The van der Waals surface area contributed by atoms with Crippen molar-refractivity contribution < 1.29 is 0 Å². The lowest BCUT2D eigenvalue weighted by Gasteiger charge is -2.16. The van der Waals surface area contributed by atoms with Crippen molar-refractivity contribution in [2.45, 2.75) is 26.4 Å². The Morgan fingerprint density at radius 2 is 2.00 bits per heavy atom. The van der Waals surface area contributed by atoms with E-state index in [1.807, 2.05) is 18.2 Å². The van der Waals surface area contributed by atoms with Gasteiger partial charge in [0.05, 0.1) is 15.7 Å². The van der Waals surface area contributed by atoms with Crippen molar-refractivity contribution in [2.24, 2.45) is 0 Å². The van der Waals surface area contributed by atoms with Crippen LogP contribution in [-0.4, -0.2) is 4.98 Å². The van der Waals surface area contributed by atoms with Gasteiger partial charge in [0.2, 0.25) is 0 Å². The largest absolute Gasteiger partial charge is 0.305 e. The summed E-state index contributed by atoms with van der Waals surface area (Å²) in [6.45, 7) is 4.83. The van der Waals surface area contributed by atoms with Crippen LogP contribution in [0.15, 0.2) is 36.5 Å². The number of aromatic nitrogens is 1. The van der Waals surface area contributed by atoms with Crippen LogP contribution < -0.4 is 5.32 Å². The first-order valence-corrected chi connectivity index (χ1v) is 6.93. The first kappa shape index (κ1) is 14.3. The number of rotatable bonds is 4. The first-order chi connectivity index (χ1) is 9.09. The van der Waals surface area contributed by atoms with E-state index in [0.717, 1.165) is 11.3 Å². The normalized spacial score (nSPS) is 12.4. The Kier molecular flexibility index (Phi) is 4.81. The second-order valence-corrected chi connectivity index (χ2v) is 5.30. The van der Waals surface area contributed by atoms with Gasteiger partial charge in [-0.05, 0) is 37.1 Å². The highest BCUT2D eigenvalue weighted by Gasteiger charge is 2.11. The van der Waals surface area contributed by atoms with Gasteiger partial charge in [-0.15, -0.1) is 0 Å². The zero-order chi connectivity index (χ0) is 13.8. The van der Waals surface area contributed by atoms with Gasteiger partial charge in [-0.3, -0.25) is 4.98 Å².